The quantitative estimate of drug-likeness (QED) is 0.393. The summed E-state index contributed by atoms with van der Waals surface area (Å²) in [7, 11) is 1.48. The van der Waals surface area contributed by atoms with Crippen molar-refractivity contribution in [3.05, 3.63) is 76.6 Å². The van der Waals surface area contributed by atoms with E-state index in [-0.39, 0.29) is 5.70 Å². The molecule has 1 aromatic heterocycles. The van der Waals surface area contributed by atoms with Crippen molar-refractivity contribution in [3.8, 4) is 17.1 Å². The lowest BCUT2D eigenvalue weighted by molar-refractivity contribution is -0.127. The van der Waals surface area contributed by atoms with Crippen LogP contribution in [0.2, 0.25) is 0 Å². The van der Waals surface area contributed by atoms with Gasteiger partial charge in [-0.1, -0.05) is 40.2 Å². The number of methoxy groups -OCH3 is 1. The summed E-state index contributed by atoms with van der Waals surface area (Å²) in [5.41, 5.74) is 1.34. The summed E-state index contributed by atoms with van der Waals surface area (Å²) in [5, 5.41) is 5.12. The van der Waals surface area contributed by atoms with Crippen LogP contribution in [0.15, 0.2) is 75.3 Å². The molecule has 3 aromatic rings. The fourth-order valence-corrected chi connectivity index (χ4v) is 3.40. The number of carbonyl (C=O) groups is 3. The molecule has 1 saturated heterocycles. The van der Waals surface area contributed by atoms with Crippen molar-refractivity contribution in [2.45, 2.75) is 0 Å². The Balaban J connectivity index is 1.45. The third kappa shape index (κ3) is 4.57. The number of furan rings is 1. The molecule has 4 rings (SSSR count). The summed E-state index contributed by atoms with van der Waals surface area (Å²) >= 11 is 3.38. The number of hydrogen-bond donors (Lipinski definition) is 2. The Labute approximate surface area is 192 Å². The van der Waals surface area contributed by atoms with Crippen LogP contribution >= 0.6 is 15.9 Å². The Morgan fingerprint density at radius 2 is 1.88 bits per heavy atom. The Kier molecular flexibility index (Phi) is 6.09. The summed E-state index contributed by atoms with van der Waals surface area (Å²) in [6, 6.07) is 17.2. The number of urea groups is 1. The van der Waals surface area contributed by atoms with Crippen LogP contribution in [-0.4, -0.2) is 36.4 Å². The Hall–Kier alpha value is -3.85. The molecule has 0 aliphatic carbocycles. The van der Waals surface area contributed by atoms with Gasteiger partial charge in [0.05, 0.1) is 12.8 Å². The van der Waals surface area contributed by atoms with Gasteiger partial charge in [-0.2, -0.15) is 0 Å². The van der Waals surface area contributed by atoms with Crippen LogP contribution in [0.3, 0.4) is 0 Å². The number of anilines is 1. The third-order valence-electron chi connectivity index (χ3n) is 4.69. The lowest BCUT2D eigenvalue weighted by atomic mass is 10.2. The molecule has 0 radical (unpaired) electrons. The average molecular weight is 496 g/mol. The number of ether oxygens (including phenoxy) is 1. The largest absolute Gasteiger partial charge is 0.495 e. The van der Waals surface area contributed by atoms with Gasteiger partial charge in [0.15, 0.2) is 0 Å². The van der Waals surface area contributed by atoms with Gasteiger partial charge < -0.3 is 19.8 Å². The van der Waals surface area contributed by atoms with E-state index in [0.29, 0.717) is 23.0 Å². The number of para-hydroxylation sites is 2. The maximum Gasteiger partial charge on any atom is 0.329 e. The van der Waals surface area contributed by atoms with Gasteiger partial charge in [0.1, 0.15) is 29.5 Å². The second-order valence-electron chi connectivity index (χ2n) is 6.84. The Morgan fingerprint density at radius 1 is 1.12 bits per heavy atom. The molecule has 0 atom stereocenters. The molecule has 4 amide bonds. The average Bonchev–Trinajstić information content (AvgIpc) is 3.35. The van der Waals surface area contributed by atoms with Gasteiger partial charge in [-0.3, -0.25) is 9.59 Å². The molecule has 1 aliphatic heterocycles. The molecular weight excluding hydrogens is 478 g/mol. The SMILES string of the molecule is COc1ccccc1NC(=O)CN1C(=O)N/C(=C\c2ccc(-c3ccc(Br)cc3)o2)C1=O. The summed E-state index contributed by atoms with van der Waals surface area (Å²) in [4.78, 5) is 38.2. The monoisotopic (exact) mass is 495 g/mol. The van der Waals surface area contributed by atoms with E-state index in [1.54, 1.807) is 36.4 Å². The molecule has 2 aromatic carbocycles. The molecular formula is C23H18BrN3O5. The number of rotatable bonds is 6. The van der Waals surface area contributed by atoms with Gasteiger partial charge in [-0.25, -0.2) is 9.69 Å². The zero-order chi connectivity index (χ0) is 22.7. The minimum absolute atomic E-state index is 0.0248. The predicted octanol–water partition coefficient (Wildman–Crippen LogP) is 4.25. The number of carbonyl (C=O) groups excluding carboxylic acids is 3. The van der Waals surface area contributed by atoms with Gasteiger partial charge in [-0.15, -0.1) is 0 Å². The lowest BCUT2D eigenvalue weighted by Crippen LogP contribution is -2.38. The minimum Gasteiger partial charge on any atom is -0.495 e. The standard InChI is InChI=1S/C23H18BrN3O5/c1-31-20-5-3-2-4-17(20)25-21(28)13-27-22(29)18(26-23(27)30)12-16-10-11-19(32-16)14-6-8-15(24)9-7-14/h2-12H,13H2,1H3,(H,25,28)(H,26,30)/b18-12-. The van der Waals surface area contributed by atoms with Crippen molar-refractivity contribution in [2.75, 3.05) is 19.0 Å². The van der Waals surface area contributed by atoms with Gasteiger partial charge in [-0.05, 0) is 36.4 Å². The minimum atomic E-state index is -0.684. The second kappa shape index (κ2) is 9.11. The zero-order valence-electron chi connectivity index (χ0n) is 16.9. The number of amides is 4. The fourth-order valence-electron chi connectivity index (χ4n) is 3.14. The summed E-state index contributed by atoms with van der Waals surface area (Å²) < 4.78 is 11.9. The van der Waals surface area contributed by atoms with Crippen LogP contribution in [0, 0.1) is 0 Å². The van der Waals surface area contributed by atoms with Crippen molar-refractivity contribution in [1.82, 2.24) is 10.2 Å². The van der Waals surface area contributed by atoms with E-state index < -0.39 is 24.4 Å². The van der Waals surface area contributed by atoms with E-state index in [0.717, 1.165) is 14.9 Å². The number of imide groups is 1. The number of benzene rings is 2. The van der Waals surface area contributed by atoms with Crippen LogP contribution in [0.5, 0.6) is 5.75 Å². The van der Waals surface area contributed by atoms with Crippen molar-refractivity contribution < 1.29 is 23.5 Å². The van der Waals surface area contributed by atoms with Gasteiger partial charge >= 0.3 is 6.03 Å². The molecule has 162 valence electrons. The zero-order valence-corrected chi connectivity index (χ0v) is 18.5. The first-order chi connectivity index (χ1) is 15.4. The van der Waals surface area contributed by atoms with Gasteiger partial charge in [0.2, 0.25) is 5.91 Å². The van der Waals surface area contributed by atoms with Crippen molar-refractivity contribution in [3.63, 3.8) is 0 Å². The molecule has 0 bridgehead atoms. The van der Waals surface area contributed by atoms with Crippen LogP contribution in [0.25, 0.3) is 17.4 Å². The molecule has 1 fully saturated rings. The van der Waals surface area contributed by atoms with E-state index in [1.807, 2.05) is 24.3 Å². The second-order valence-corrected chi connectivity index (χ2v) is 7.75. The molecule has 1 aliphatic rings. The van der Waals surface area contributed by atoms with Crippen molar-refractivity contribution in [1.29, 1.82) is 0 Å². The number of halogens is 1. The first-order valence-electron chi connectivity index (χ1n) is 9.58. The predicted molar refractivity (Wildman–Crippen MR) is 122 cm³/mol. The van der Waals surface area contributed by atoms with Gasteiger partial charge in [0.25, 0.3) is 5.91 Å². The maximum absolute atomic E-state index is 12.7. The molecule has 9 heteroatoms. The van der Waals surface area contributed by atoms with E-state index in [9.17, 15) is 14.4 Å². The van der Waals surface area contributed by atoms with Crippen molar-refractivity contribution in [2.24, 2.45) is 0 Å². The topological polar surface area (TPSA) is 101 Å². The smallest absolute Gasteiger partial charge is 0.329 e. The summed E-state index contributed by atoms with van der Waals surface area (Å²) in [6.45, 7) is -0.442. The van der Waals surface area contributed by atoms with Crippen molar-refractivity contribution >= 4 is 45.5 Å². The molecule has 0 spiro atoms. The van der Waals surface area contributed by atoms with Crippen LogP contribution in [-0.2, 0) is 9.59 Å². The first-order valence-corrected chi connectivity index (χ1v) is 10.4. The number of nitrogens with one attached hydrogen (secondary N) is 2. The molecule has 0 unspecified atom stereocenters. The van der Waals surface area contributed by atoms with E-state index >= 15 is 0 Å². The first kappa shape index (κ1) is 21.4. The summed E-state index contributed by atoms with van der Waals surface area (Å²) in [6.07, 6.45) is 1.43. The van der Waals surface area contributed by atoms with Crippen LogP contribution in [0.4, 0.5) is 10.5 Å². The molecule has 0 saturated carbocycles. The van der Waals surface area contributed by atoms with E-state index in [2.05, 4.69) is 26.6 Å². The number of hydrogen-bond acceptors (Lipinski definition) is 5. The molecule has 8 nitrogen and oxygen atoms in total. The highest BCUT2D eigenvalue weighted by molar-refractivity contribution is 9.10. The fraction of sp³-hybridized carbons (Fsp3) is 0.0870. The van der Waals surface area contributed by atoms with Crippen LogP contribution < -0.4 is 15.4 Å². The van der Waals surface area contributed by atoms with Crippen LogP contribution in [0.1, 0.15) is 5.76 Å². The Morgan fingerprint density at radius 3 is 2.62 bits per heavy atom. The van der Waals surface area contributed by atoms with Gasteiger partial charge in [0, 0.05) is 16.1 Å². The highest BCUT2D eigenvalue weighted by Gasteiger charge is 2.35. The highest BCUT2D eigenvalue weighted by Crippen LogP contribution is 2.26. The Bertz CT molecular complexity index is 1220. The number of nitrogens with zero attached hydrogens (tertiary/aromatic N) is 1. The normalized spacial score (nSPS) is 14.6. The molecule has 32 heavy (non-hydrogen) atoms. The third-order valence-corrected chi connectivity index (χ3v) is 5.22. The maximum atomic E-state index is 12.7. The molecule has 2 heterocycles. The summed E-state index contributed by atoms with van der Waals surface area (Å²) in [5.74, 6) is 0.334. The van der Waals surface area contributed by atoms with E-state index in [4.69, 9.17) is 9.15 Å². The molecule has 2 N–H and O–H groups in total. The highest BCUT2D eigenvalue weighted by atomic mass is 79.9. The van der Waals surface area contributed by atoms with E-state index in [1.165, 1.54) is 13.2 Å². The lowest BCUT2D eigenvalue weighted by Gasteiger charge is -2.13.